The van der Waals surface area contributed by atoms with Crippen molar-refractivity contribution in [2.75, 3.05) is 31.2 Å². The van der Waals surface area contributed by atoms with Crippen molar-refractivity contribution < 1.29 is 14.5 Å². The molecule has 26 heavy (non-hydrogen) atoms. The second-order valence-corrected chi connectivity index (χ2v) is 6.00. The topological polar surface area (TPSA) is 97.6 Å². The Balaban J connectivity index is 1.53. The van der Waals surface area contributed by atoms with Gasteiger partial charge in [0, 0.05) is 38.0 Å². The Morgan fingerprint density at radius 1 is 1.19 bits per heavy atom. The normalized spacial score (nSPS) is 14.1. The highest BCUT2D eigenvalue weighted by molar-refractivity contribution is 5.78. The van der Waals surface area contributed by atoms with E-state index in [1.807, 2.05) is 12.1 Å². The number of amides is 1. The quantitative estimate of drug-likeness (QED) is 0.625. The number of nitrogens with zero attached hydrogens (tertiary/aromatic N) is 3. The van der Waals surface area contributed by atoms with Gasteiger partial charge >= 0.3 is 0 Å². The van der Waals surface area contributed by atoms with Gasteiger partial charge in [0.15, 0.2) is 0 Å². The maximum atomic E-state index is 12.1. The van der Waals surface area contributed by atoms with Crippen molar-refractivity contribution in [3.8, 4) is 0 Å². The van der Waals surface area contributed by atoms with Crippen LogP contribution in [0.1, 0.15) is 11.1 Å². The number of carbonyl (C=O) groups excluding carboxylic acids is 1. The van der Waals surface area contributed by atoms with E-state index in [9.17, 15) is 14.9 Å². The third-order valence-corrected chi connectivity index (χ3v) is 4.15. The van der Waals surface area contributed by atoms with Gasteiger partial charge in [-0.2, -0.15) is 0 Å². The van der Waals surface area contributed by atoms with Crippen molar-refractivity contribution in [2.24, 2.45) is 0 Å². The van der Waals surface area contributed by atoms with Gasteiger partial charge in [0.25, 0.3) is 5.69 Å². The zero-order chi connectivity index (χ0) is 18.4. The molecule has 1 saturated heterocycles. The first-order valence-corrected chi connectivity index (χ1v) is 8.39. The molecule has 1 aliphatic heterocycles. The third-order valence-electron chi connectivity index (χ3n) is 4.15. The van der Waals surface area contributed by atoms with E-state index in [0.29, 0.717) is 19.8 Å². The van der Waals surface area contributed by atoms with E-state index in [1.165, 1.54) is 12.1 Å². The van der Waals surface area contributed by atoms with E-state index in [1.54, 1.807) is 18.3 Å². The molecule has 0 atom stereocenters. The van der Waals surface area contributed by atoms with Crippen LogP contribution in [0.3, 0.4) is 0 Å². The van der Waals surface area contributed by atoms with Gasteiger partial charge in [-0.15, -0.1) is 0 Å². The van der Waals surface area contributed by atoms with Crippen molar-refractivity contribution >= 4 is 17.4 Å². The molecule has 0 spiro atoms. The number of nitro groups is 1. The number of morpholine rings is 1. The number of nitrogens with one attached hydrogen (secondary N) is 1. The van der Waals surface area contributed by atoms with Gasteiger partial charge < -0.3 is 15.0 Å². The van der Waals surface area contributed by atoms with Crippen LogP contribution in [0.4, 0.5) is 11.5 Å². The highest BCUT2D eigenvalue weighted by Crippen LogP contribution is 2.15. The molecular formula is C18H20N4O4. The second kappa shape index (κ2) is 8.39. The van der Waals surface area contributed by atoms with Crippen molar-refractivity contribution in [1.29, 1.82) is 0 Å². The zero-order valence-electron chi connectivity index (χ0n) is 14.3. The lowest BCUT2D eigenvalue weighted by Gasteiger charge is -2.28. The molecule has 136 valence electrons. The number of carbonyl (C=O) groups is 1. The third kappa shape index (κ3) is 4.76. The summed E-state index contributed by atoms with van der Waals surface area (Å²) in [5.41, 5.74) is 1.72. The number of non-ortho nitro benzene ring substituents is 1. The molecule has 1 aliphatic rings. The molecule has 8 nitrogen and oxygen atoms in total. The number of nitro benzene ring substituents is 1. The van der Waals surface area contributed by atoms with Crippen LogP contribution < -0.4 is 10.2 Å². The maximum Gasteiger partial charge on any atom is 0.269 e. The molecule has 1 N–H and O–H groups in total. The van der Waals surface area contributed by atoms with Crippen LogP contribution in [0.25, 0.3) is 0 Å². The van der Waals surface area contributed by atoms with Gasteiger partial charge in [0.05, 0.1) is 24.6 Å². The Bertz CT molecular complexity index is 773. The second-order valence-electron chi connectivity index (χ2n) is 6.00. The smallest absolute Gasteiger partial charge is 0.269 e. The average molecular weight is 356 g/mol. The summed E-state index contributed by atoms with van der Waals surface area (Å²) in [6.45, 7) is 3.41. The number of benzene rings is 1. The summed E-state index contributed by atoms with van der Waals surface area (Å²) in [5, 5.41) is 13.5. The predicted molar refractivity (Wildman–Crippen MR) is 95.9 cm³/mol. The Labute approximate surface area is 150 Å². The molecular weight excluding hydrogens is 336 g/mol. The van der Waals surface area contributed by atoms with Gasteiger partial charge in [-0.1, -0.05) is 12.1 Å². The van der Waals surface area contributed by atoms with Crippen LogP contribution in [0, 0.1) is 10.1 Å². The minimum atomic E-state index is -0.459. The zero-order valence-corrected chi connectivity index (χ0v) is 14.3. The summed E-state index contributed by atoms with van der Waals surface area (Å²) >= 11 is 0. The minimum Gasteiger partial charge on any atom is -0.378 e. The Hall–Kier alpha value is -3.00. The highest BCUT2D eigenvalue weighted by Gasteiger charge is 2.13. The molecule has 1 fully saturated rings. The fourth-order valence-electron chi connectivity index (χ4n) is 2.72. The molecule has 3 rings (SSSR count). The van der Waals surface area contributed by atoms with Crippen molar-refractivity contribution in [2.45, 2.75) is 13.0 Å². The predicted octanol–water partition coefficient (Wildman–Crippen LogP) is 1.69. The average Bonchev–Trinajstić information content (AvgIpc) is 2.68. The number of rotatable bonds is 6. The van der Waals surface area contributed by atoms with Crippen molar-refractivity contribution in [3.63, 3.8) is 0 Å². The molecule has 2 heterocycles. The molecule has 0 bridgehead atoms. The molecule has 2 aromatic rings. The number of hydrogen-bond acceptors (Lipinski definition) is 6. The maximum absolute atomic E-state index is 12.1. The summed E-state index contributed by atoms with van der Waals surface area (Å²) in [5.74, 6) is 0.749. The van der Waals surface area contributed by atoms with Crippen LogP contribution in [0.2, 0.25) is 0 Å². The first kappa shape index (κ1) is 17.8. The summed E-state index contributed by atoms with van der Waals surface area (Å²) in [6, 6.07) is 9.84. The van der Waals surface area contributed by atoms with Gasteiger partial charge in [0.2, 0.25) is 5.91 Å². The monoisotopic (exact) mass is 356 g/mol. The number of anilines is 1. The number of ether oxygens (including phenoxy) is 1. The van der Waals surface area contributed by atoms with Crippen LogP contribution in [0.15, 0.2) is 42.6 Å². The number of pyridine rings is 1. The van der Waals surface area contributed by atoms with Gasteiger partial charge in [0.1, 0.15) is 5.82 Å². The summed E-state index contributed by atoms with van der Waals surface area (Å²) in [4.78, 5) is 28.8. The molecule has 0 unspecified atom stereocenters. The summed E-state index contributed by atoms with van der Waals surface area (Å²) < 4.78 is 5.34. The first-order chi connectivity index (χ1) is 12.6. The van der Waals surface area contributed by atoms with Crippen LogP contribution in [-0.2, 0) is 22.5 Å². The van der Waals surface area contributed by atoms with E-state index >= 15 is 0 Å². The SMILES string of the molecule is O=C(Cc1ccc([N+](=O)[O-])cc1)NCc1ccnc(N2CCOCC2)c1. The largest absolute Gasteiger partial charge is 0.378 e. The Kier molecular flexibility index (Phi) is 5.75. The van der Waals surface area contributed by atoms with Crippen LogP contribution in [0.5, 0.6) is 0 Å². The highest BCUT2D eigenvalue weighted by atomic mass is 16.6. The molecule has 8 heteroatoms. The molecule has 0 radical (unpaired) electrons. The number of aromatic nitrogens is 1. The van der Waals surface area contributed by atoms with Crippen LogP contribution >= 0.6 is 0 Å². The minimum absolute atomic E-state index is 0.0154. The standard InChI is InChI=1S/C18H20N4O4/c23-18(12-14-1-3-16(4-2-14)22(24)25)20-13-15-5-6-19-17(11-15)21-7-9-26-10-8-21/h1-6,11H,7-10,12-13H2,(H,20,23). The summed E-state index contributed by atoms with van der Waals surface area (Å²) in [7, 11) is 0. The van der Waals surface area contributed by atoms with Gasteiger partial charge in [-0.25, -0.2) is 4.98 Å². The molecule has 1 aromatic carbocycles. The van der Waals surface area contributed by atoms with Crippen LogP contribution in [-0.4, -0.2) is 42.1 Å². The molecule has 0 aliphatic carbocycles. The molecule has 1 aromatic heterocycles. The molecule has 0 saturated carbocycles. The van der Waals surface area contributed by atoms with E-state index in [-0.39, 0.29) is 18.0 Å². The van der Waals surface area contributed by atoms with Crippen molar-refractivity contribution in [3.05, 3.63) is 63.8 Å². The van der Waals surface area contributed by atoms with Crippen molar-refractivity contribution in [1.82, 2.24) is 10.3 Å². The van der Waals surface area contributed by atoms with E-state index in [0.717, 1.165) is 30.0 Å². The van der Waals surface area contributed by atoms with Gasteiger partial charge in [-0.05, 0) is 23.3 Å². The first-order valence-electron chi connectivity index (χ1n) is 8.39. The van der Waals surface area contributed by atoms with E-state index in [4.69, 9.17) is 4.74 Å². The van der Waals surface area contributed by atoms with E-state index < -0.39 is 4.92 Å². The van der Waals surface area contributed by atoms with E-state index in [2.05, 4.69) is 15.2 Å². The lowest BCUT2D eigenvalue weighted by Crippen LogP contribution is -2.36. The lowest BCUT2D eigenvalue weighted by molar-refractivity contribution is -0.384. The fraction of sp³-hybridized carbons (Fsp3) is 0.333. The lowest BCUT2D eigenvalue weighted by atomic mass is 10.1. The fourth-order valence-corrected chi connectivity index (χ4v) is 2.72. The summed E-state index contributed by atoms with van der Waals surface area (Å²) in [6.07, 6.45) is 1.92. The Morgan fingerprint density at radius 2 is 1.92 bits per heavy atom. The van der Waals surface area contributed by atoms with Gasteiger partial charge in [-0.3, -0.25) is 14.9 Å². The Morgan fingerprint density at radius 3 is 2.62 bits per heavy atom. The number of hydrogen-bond donors (Lipinski definition) is 1. The molecule has 1 amide bonds.